The SMILES string of the molecule is CCCCCCCCC1CC1CCCCCCCC(CCCCCCC)OC(=O)C1CCN(C)CC1. The van der Waals surface area contributed by atoms with E-state index in [4.69, 9.17) is 4.74 Å². The summed E-state index contributed by atoms with van der Waals surface area (Å²) in [6.45, 7) is 6.63. The third-order valence-corrected chi connectivity index (χ3v) is 9.06. The molecule has 0 aromatic carbocycles. The molecule has 3 unspecified atom stereocenters. The first-order valence-electron chi connectivity index (χ1n) is 16.5. The van der Waals surface area contributed by atoms with Gasteiger partial charge in [0.25, 0.3) is 0 Å². The predicted octanol–water partition coefficient (Wildman–Crippen LogP) is 9.72. The van der Waals surface area contributed by atoms with Gasteiger partial charge in [-0.05, 0) is 76.9 Å². The number of rotatable bonds is 23. The topological polar surface area (TPSA) is 29.5 Å². The normalized spacial score (nSPS) is 21.5. The number of nitrogens with zero attached hydrogens (tertiary/aromatic N) is 1. The average Bonchev–Trinajstić information content (AvgIpc) is 3.63. The molecule has 3 atom stereocenters. The fraction of sp³-hybridized carbons (Fsp3) is 0.970. The highest BCUT2D eigenvalue weighted by Gasteiger charge is 2.35. The van der Waals surface area contributed by atoms with Crippen LogP contribution >= 0.6 is 0 Å². The van der Waals surface area contributed by atoms with E-state index in [0.29, 0.717) is 0 Å². The van der Waals surface area contributed by atoms with Crippen LogP contribution in [-0.4, -0.2) is 37.1 Å². The minimum atomic E-state index is 0.0987. The van der Waals surface area contributed by atoms with E-state index in [1.165, 1.54) is 122 Å². The van der Waals surface area contributed by atoms with Crippen molar-refractivity contribution in [2.45, 2.75) is 168 Å². The van der Waals surface area contributed by atoms with Gasteiger partial charge in [-0.15, -0.1) is 0 Å². The van der Waals surface area contributed by atoms with Crippen LogP contribution in [0, 0.1) is 17.8 Å². The maximum Gasteiger partial charge on any atom is 0.309 e. The Morgan fingerprint density at radius 2 is 1.14 bits per heavy atom. The van der Waals surface area contributed by atoms with Crippen LogP contribution < -0.4 is 0 Å². The number of carbonyl (C=O) groups excluding carboxylic acids is 1. The van der Waals surface area contributed by atoms with Crippen LogP contribution in [0.3, 0.4) is 0 Å². The van der Waals surface area contributed by atoms with Crippen molar-refractivity contribution in [1.82, 2.24) is 4.90 Å². The third-order valence-electron chi connectivity index (χ3n) is 9.06. The van der Waals surface area contributed by atoms with E-state index in [0.717, 1.165) is 50.6 Å². The van der Waals surface area contributed by atoms with Gasteiger partial charge < -0.3 is 9.64 Å². The van der Waals surface area contributed by atoms with Crippen molar-refractivity contribution in [3.8, 4) is 0 Å². The van der Waals surface area contributed by atoms with Crippen molar-refractivity contribution in [2.75, 3.05) is 20.1 Å². The second kappa shape index (κ2) is 20.4. The quantitative estimate of drug-likeness (QED) is 0.102. The molecule has 0 amide bonds. The Bertz CT molecular complexity index is 528. The van der Waals surface area contributed by atoms with Crippen LogP contribution in [0.1, 0.15) is 162 Å². The average molecular weight is 506 g/mol. The van der Waals surface area contributed by atoms with Gasteiger partial charge in [-0.1, -0.05) is 117 Å². The fourth-order valence-electron chi connectivity index (χ4n) is 6.26. The van der Waals surface area contributed by atoms with Gasteiger partial charge >= 0.3 is 5.97 Å². The molecule has 212 valence electrons. The first kappa shape index (κ1) is 31.6. The monoisotopic (exact) mass is 505 g/mol. The summed E-state index contributed by atoms with van der Waals surface area (Å²) in [6, 6.07) is 0. The summed E-state index contributed by atoms with van der Waals surface area (Å²) < 4.78 is 6.11. The zero-order valence-electron chi connectivity index (χ0n) is 24.8. The van der Waals surface area contributed by atoms with Crippen molar-refractivity contribution in [3.63, 3.8) is 0 Å². The molecule has 3 heteroatoms. The van der Waals surface area contributed by atoms with Gasteiger partial charge in [0.2, 0.25) is 0 Å². The maximum absolute atomic E-state index is 12.8. The van der Waals surface area contributed by atoms with Gasteiger partial charge in [-0.3, -0.25) is 4.79 Å². The largest absolute Gasteiger partial charge is 0.462 e. The molecule has 1 aliphatic heterocycles. The summed E-state index contributed by atoms with van der Waals surface area (Å²) in [5.74, 6) is 2.38. The van der Waals surface area contributed by atoms with Gasteiger partial charge in [-0.25, -0.2) is 0 Å². The number of unbranched alkanes of at least 4 members (excludes halogenated alkanes) is 13. The first-order valence-corrected chi connectivity index (χ1v) is 16.5. The Labute approximate surface area is 225 Å². The van der Waals surface area contributed by atoms with Crippen molar-refractivity contribution in [3.05, 3.63) is 0 Å². The summed E-state index contributed by atoms with van der Waals surface area (Å²) in [6.07, 6.45) is 30.6. The highest BCUT2D eigenvalue weighted by Crippen LogP contribution is 2.45. The second-order valence-corrected chi connectivity index (χ2v) is 12.5. The number of likely N-dealkylation sites (tertiary alicyclic amines) is 1. The lowest BCUT2D eigenvalue weighted by Crippen LogP contribution is -2.35. The summed E-state index contributed by atoms with van der Waals surface area (Å²) in [4.78, 5) is 15.1. The van der Waals surface area contributed by atoms with Crippen molar-refractivity contribution in [2.24, 2.45) is 17.8 Å². The molecule has 0 N–H and O–H groups in total. The molecule has 2 rings (SSSR count). The number of esters is 1. The molecule has 36 heavy (non-hydrogen) atoms. The molecule has 0 spiro atoms. The van der Waals surface area contributed by atoms with E-state index in [1.54, 1.807) is 0 Å². The van der Waals surface area contributed by atoms with E-state index in [9.17, 15) is 4.79 Å². The standard InChI is InChI=1S/C33H63NO2/c1-4-6-8-10-13-16-20-30-28-31(30)21-17-14-11-15-19-23-32(22-18-12-9-7-5-2)36-33(35)29-24-26-34(3)27-25-29/h29-32H,4-28H2,1-3H3. The molecule has 1 saturated heterocycles. The highest BCUT2D eigenvalue weighted by molar-refractivity contribution is 5.72. The van der Waals surface area contributed by atoms with Crippen LogP contribution in [0.25, 0.3) is 0 Å². The molecule has 1 saturated carbocycles. The lowest BCUT2D eigenvalue weighted by molar-refractivity contribution is -0.156. The maximum atomic E-state index is 12.8. The van der Waals surface area contributed by atoms with Gasteiger partial charge in [0.05, 0.1) is 5.92 Å². The number of piperidine rings is 1. The minimum absolute atomic E-state index is 0.0987. The lowest BCUT2D eigenvalue weighted by atomic mass is 9.97. The fourth-order valence-corrected chi connectivity index (χ4v) is 6.26. The Morgan fingerprint density at radius 1 is 0.694 bits per heavy atom. The zero-order chi connectivity index (χ0) is 25.8. The van der Waals surface area contributed by atoms with Crippen LogP contribution in [0.4, 0.5) is 0 Å². The molecular formula is C33H63NO2. The molecule has 0 bridgehead atoms. The lowest BCUT2D eigenvalue weighted by Gasteiger charge is -2.29. The first-order chi connectivity index (χ1) is 17.6. The molecule has 0 aromatic rings. The molecule has 0 radical (unpaired) electrons. The summed E-state index contributed by atoms with van der Waals surface area (Å²) in [5.41, 5.74) is 0. The molecule has 2 aliphatic rings. The highest BCUT2D eigenvalue weighted by atomic mass is 16.5. The van der Waals surface area contributed by atoms with E-state index in [1.807, 2.05) is 0 Å². The second-order valence-electron chi connectivity index (χ2n) is 12.5. The Balaban J connectivity index is 1.51. The van der Waals surface area contributed by atoms with Crippen LogP contribution in [0.5, 0.6) is 0 Å². The summed E-state index contributed by atoms with van der Waals surface area (Å²) in [5, 5.41) is 0. The van der Waals surface area contributed by atoms with Gasteiger partial charge in [-0.2, -0.15) is 0 Å². The molecule has 0 aromatic heterocycles. The van der Waals surface area contributed by atoms with Crippen LogP contribution in [-0.2, 0) is 9.53 Å². The van der Waals surface area contributed by atoms with Gasteiger partial charge in [0.1, 0.15) is 6.10 Å². The Kier molecular flexibility index (Phi) is 17.9. The van der Waals surface area contributed by atoms with Crippen LogP contribution in [0.15, 0.2) is 0 Å². The molecule has 1 heterocycles. The molecule has 1 aliphatic carbocycles. The van der Waals surface area contributed by atoms with Gasteiger partial charge in [0, 0.05) is 0 Å². The predicted molar refractivity (Wildman–Crippen MR) is 155 cm³/mol. The van der Waals surface area contributed by atoms with Crippen molar-refractivity contribution < 1.29 is 9.53 Å². The number of hydrogen-bond acceptors (Lipinski definition) is 3. The summed E-state index contributed by atoms with van der Waals surface area (Å²) >= 11 is 0. The van der Waals surface area contributed by atoms with Gasteiger partial charge in [0.15, 0.2) is 0 Å². The Hall–Kier alpha value is -0.570. The van der Waals surface area contributed by atoms with Crippen molar-refractivity contribution >= 4 is 5.97 Å². The molecule has 2 fully saturated rings. The Morgan fingerprint density at radius 3 is 1.64 bits per heavy atom. The van der Waals surface area contributed by atoms with Crippen LogP contribution in [0.2, 0.25) is 0 Å². The zero-order valence-corrected chi connectivity index (χ0v) is 24.8. The third kappa shape index (κ3) is 15.0. The van der Waals surface area contributed by atoms with E-state index in [2.05, 4.69) is 25.8 Å². The number of hydrogen-bond donors (Lipinski definition) is 0. The number of carbonyl (C=O) groups is 1. The van der Waals surface area contributed by atoms with Crippen molar-refractivity contribution in [1.29, 1.82) is 0 Å². The van der Waals surface area contributed by atoms with E-state index in [-0.39, 0.29) is 18.0 Å². The van der Waals surface area contributed by atoms with E-state index >= 15 is 0 Å². The van der Waals surface area contributed by atoms with E-state index < -0.39 is 0 Å². The summed E-state index contributed by atoms with van der Waals surface area (Å²) in [7, 11) is 2.15. The molecule has 3 nitrogen and oxygen atoms in total. The smallest absolute Gasteiger partial charge is 0.309 e. The number of ether oxygens (including phenoxy) is 1. The minimum Gasteiger partial charge on any atom is -0.462 e. The molecular weight excluding hydrogens is 442 g/mol.